The van der Waals surface area contributed by atoms with Crippen LogP contribution in [0.15, 0.2) is 18.2 Å². The molecular weight excluding hydrogens is 287 g/mol. The smallest absolute Gasteiger partial charge is 0.305 e. The highest BCUT2D eigenvalue weighted by molar-refractivity contribution is 6.33. The Morgan fingerprint density at radius 2 is 1.84 bits per heavy atom. The Labute approximate surface area is 111 Å². The van der Waals surface area contributed by atoms with E-state index in [9.17, 15) is 22.8 Å². The van der Waals surface area contributed by atoms with Gasteiger partial charge in [0.2, 0.25) is 5.91 Å². The van der Waals surface area contributed by atoms with Crippen molar-refractivity contribution in [1.82, 2.24) is 10.9 Å². The molecule has 3 N–H and O–H groups in total. The third kappa shape index (κ3) is 4.66. The second kappa shape index (κ2) is 5.79. The van der Waals surface area contributed by atoms with Gasteiger partial charge < -0.3 is 5.32 Å². The van der Waals surface area contributed by atoms with Gasteiger partial charge >= 0.3 is 12.2 Å². The summed E-state index contributed by atoms with van der Waals surface area (Å²) in [5.41, 5.74) is 2.72. The zero-order valence-electron chi connectivity index (χ0n) is 9.56. The molecule has 0 saturated carbocycles. The second-order valence-electron chi connectivity index (χ2n) is 3.45. The zero-order chi connectivity index (χ0) is 14.6. The number of benzene rings is 1. The molecule has 19 heavy (non-hydrogen) atoms. The van der Waals surface area contributed by atoms with Crippen LogP contribution in [0.4, 0.5) is 23.7 Å². The van der Waals surface area contributed by atoms with Gasteiger partial charge in [0, 0.05) is 6.92 Å². The summed E-state index contributed by atoms with van der Waals surface area (Å²) in [5.74, 6) is -0.537. The van der Waals surface area contributed by atoms with Crippen LogP contribution < -0.4 is 16.2 Å². The first-order valence-corrected chi connectivity index (χ1v) is 5.28. The lowest BCUT2D eigenvalue weighted by atomic mass is 10.2. The maximum absolute atomic E-state index is 12.5. The molecule has 1 aromatic rings. The lowest BCUT2D eigenvalue weighted by molar-refractivity contribution is -0.137. The SMILES string of the molecule is CC(=O)NNC(=O)Nc1cc(C(F)(F)F)ccc1Cl. The van der Waals surface area contributed by atoms with E-state index in [1.807, 2.05) is 10.9 Å². The van der Waals surface area contributed by atoms with Crippen LogP contribution in [-0.2, 0) is 11.0 Å². The van der Waals surface area contributed by atoms with Gasteiger partial charge in [0.15, 0.2) is 0 Å². The number of alkyl halides is 3. The zero-order valence-corrected chi connectivity index (χ0v) is 10.3. The molecule has 0 radical (unpaired) electrons. The monoisotopic (exact) mass is 295 g/mol. The highest BCUT2D eigenvalue weighted by Crippen LogP contribution is 2.33. The first-order valence-electron chi connectivity index (χ1n) is 4.90. The maximum Gasteiger partial charge on any atom is 0.416 e. The number of hydrogen-bond acceptors (Lipinski definition) is 2. The minimum absolute atomic E-state index is 0.0639. The van der Waals surface area contributed by atoms with Gasteiger partial charge in [0.05, 0.1) is 16.3 Å². The van der Waals surface area contributed by atoms with Crippen LogP contribution in [0.5, 0.6) is 0 Å². The third-order valence-corrected chi connectivity index (χ3v) is 2.22. The van der Waals surface area contributed by atoms with E-state index in [2.05, 4.69) is 5.32 Å². The summed E-state index contributed by atoms with van der Waals surface area (Å²) in [6.07, 6.45) is -4.55. The number of urea groups is 1. The number of hydrazine groups is 1. The molecule has 104 valence electrons. The Hall–Kier alpha value is -1.96. The van der Waals surface area contributed by atoms with Crippen molar-refractivity contribution in [3.05, 3.63) is 28.8 Å². The van der Waals surface area contributed by atoms with Crippen molar-refractivity contribution in [2.24, 2.45) is 0 Å². The normalized spacial score (nSPS) is 10.8. The van der Waals surface area contributed by atoms with Crippen LogP contribution in [0.1, 0.15) is 12.5 Å². The van der Waals surface area contributed by atoms with Crippen molar-refractivity contribution in [1.29, 1.82) is 0 Å². The number of carbonyl (C=O) groups excluding carboxylic acids is 2. The van der Waals surface area contributed by atoms with Crippen LogP contribution in [0, 0.1) is 0 Å². The number of nitrogens with one attached hydrogen (secondary N) is 3. The molecular formula is C10H9ClF3N3O2. The van der Waals surface area contributed by atoms with E-state index in [1.165, 1.54) is 0 Å². The molecule has 0 fully saturated rings. The first-order chi connectivity index (χ1) is 8.70. The molecule has 1 aromatic carbocycles. The standard InChI is InChI=1S/C10H9ClF3N3O2/c1-5(18)16-17-9(19)15-8-4-6(10(12,13)14)2-3-7(8)11/h2-4H,1H3,(H,16,18)(H2,15,17,19). The fraction of sp³-hybridized carbons (Fsp3) is 0.200. The minimum Gasteiger partial charge on any atom is -0.305 e. The van der Waals surface area contributed by atoms with E-state index in [0.717, 1.165) is 19.1 Å². The van der Waals surface area contributed by atoms with Crippen molar-refractivity contribution >= 4 is 29.2 Å². The van der Waals surface area contributed by atoms with Crippen LogP contribution >= 0.6 is 11.6 Å². The van der Waals surface area contributed by atoms with Crippen LogP contribution in [0.2, 0.25) is 5.02 Å². The Morgan fingerprint density at radius 1 is 1.21 bits per heavy atom. The van der Waals surface area contributed by atoms with E-state index in [0.29, 0.717) is 6.07 Å². The molecule has 0 unspecified atom stereocenters. The van der Waals surface area contributed by atoms with Gasteiger partial charge in [0.25, 0.3) is 0 Å². The van der Waals surface area contributed by atoms with E-state index in [-0.39, 0.29) is 10.7 Å². The summed E-state index contributed by atoms with van der Waals surface area (Å²) in [6.45, 7) is 1.15. The number of halogens is 4. The summed E-state index contributed by atoms with van der Waals surface area (Å²) in [6, 6.07) is 1.57. The van der Waals surface area contributed by atoms with Crippen molar-refractivity contribution in [2.75, 3.05) is 5.32 Å². The Balaban J connectivity index is 2.83. The lowest BCUT2D eigenvalue weighted by Crippen LogP contribution is -2.42. The molecule has 9 heteroatoms. The molecule has 0 aliphatic heterocycles. The number of carbonyl (C=O) groups is 2. The average Bonchev–Trinajstić information content (AvgIpc) is 2.28. The average molecular weight is 296 g/mol. The molecule has 5 nitrogen and oxygen atoms in total. The molecule has 0 atom stereocenters. The second-order valence-corrected chi connectivity index (χ2v) is 3.86. The van der Waals surface area contributed by atoms with Crippen LogP contribution in [0.25, 0.3) is 0 Å². The van der Waals surface area contributed by atoms with Crippen molar-refractivity contribution in [2.45, 2.75) is 13.1 Å². The fourth-order valence-corrected chi connectivity index (χ4v) is 1.26. The van der Waals surface area contributed by atoms with E-state index >= 15 is 0 Å². The molecule has 0 saturated heterocycles. The summed E-state index contributed by atoms with van der Waals surface area (Å²) >= 11 is 5.66. The largest absolute Gasteiger partial charge is 0.416 e. The molecule has 0 aromatic heterocycles. The highest BCUT2D eigenvalue weighted by atomic mass is 35.5. The van der Waals surface area contributed by atoms with Gasteiger partial charge in [-0.1, -0.05) is 11.6 Å². The highest BCUT2D eigenvalue weighted by Gasteiger charge is 2.31. The first kappa shape index (κ1) is 15.1. The van der Waals surface area contributed by atoms with E-state index < -0.39 is 23.7 Å². The van der Waals surface area contributed by atoms with Crippen molar-refractivity contribution < 1.29 is 22.8 Å². The van der Waals surface area contributed by atoms with Gasteiger partial charge in [-0.15, -0.1) is 0 Å². The molecule has 1 rings (SSSR count). The predicted octanol–water partition coefficient (Wildman–Crippen LogP) is 2.53. The van der Waals surface area contributed by atoms with Crippen molar-refractivity contribution in [3.63, 3.8) is 0 Å². The molecule has 0 aliphatic rings. The van der Waals surface area contributed by atoms with Gasteiger partial charge in [-0.2, -0.15) is 13.2 Å². The van der Waals surface area contributed by atoms with Gasteiger partial charge in [-0.05, 0) is 18.2 Å². The molecule has 0 spiro atoms. The fourth-order valence-electron chi connectivity index (χ4n) is 1.10. The molecule has 0 aliphatic carbocycles. The summed E-state index contributed by atoms with van der Waals surface area (Å²) < 4.78 is 37.4. The summed E-state index contributed by atoms with van der Waals surface area (Å²) in [5, 5.41) is 2.02. The quantitative estimate of drug-likeness (QED) is 0.697. The Bertz CT molecular complexity index is 505. The Morgan fingerprint density at radius 3 is 2.37 bits per heavy atom. The molecule has 3 amide bonds. The third-order valence-electron chi connectivity index (χ3n) is 1.89. The van der Waals surface area contributed by atoms with Gasteiger partial charge in [-0.25, -0.2) is 10.2 Å². The minimum atomic E-state index is -4.55. The van der Waals surface area contributed by atoms with Gasteiger partial charge in [0.1, 0.15) is 0 Å². The van der Waals surface area contributed by atoms with Gasteiger partial charge in [-0.3, -0.25) is 10.2 Å². The lowest BCUT2D eigenvalue weighted by Gasteiger charge is -2.12. The van der Waals surface area contributed by atoms with Crippen LogP contribution in [0.3, 0.4) is 0 Å². The molecule has 0 heterocycles. The maximum atomic E-state index is 12.5. The summed E-state index contributed by atoms with van der Waals surface area (Å²) in [4.78, 5) is 21.8. The number of anilines is 1. The predicted molar refractivity (Wildman–Crippen MR) is 62.4 cm³/mol. The van der Waals surface area contributed by atoms with E-state index in [1.54, 1.807) is 0 Å². The van der Waals surface area contributed by atoms with Crippen molar-refractivity contribution in [3.8, 4) is 0 Å². The Kier molecular flexibility index (Phi) is 4.60. The summed E-state index contributed by atoms with van der Waals surface area (Å²) in [7, 11) is 0. The van der Waals surface area contributed by atoms with E-state index in [4.69, 9.17) is 11.6 Å². The number of amides is 3. The van der Waals surface area contributed by atoms with Crippen LogP contribution in [-0.4, -0.2) is 11.9 Å². The number of hydrogen-bond donors (Lipinski definition) is 3. The number of rotatable bonds is 1. The molecule has 0 bridgehead atoms. The topological polar surface area (TPSA) is 70.2 Å².